The molecule has 1 rings (SSSR count). The van der Waals surface area contributed by atoms with Crippen molar-refractivity contribution < 1.29 is 14.6 Å². The summed E-state index contributed by atoms with van der Waals surface area (Å²) in [6, 6.07) is 0. The molecule has 1 aliphatic heterocycles. The minimum atomic E-state index is 0.148. The predicted octanol–water partition coefficient (Wildman–Crippen LogP) is 1.18. The molecule has 0 spiro atoms. The third-order valence-electron chi connectivity index (χ3n) is 3.02. The van der Waals surface area contributed by atoms with Crippen LogP contribution in [-0.2, 0) is 9.53 Å². The number of nitrogens with zero attached hydrogens (tertiary/aromatic N) is 1. The molecule has 1 unspecified atom stereocenters. The van der Waals surface area contributed by atoms with E-state index in [4.69, 9.17) is 9.84 Å². The quantitative estimate of drug-likeness (QED) is 0.713. The van der Waals surface area contributed by atoms with Gasteiger partial charge in [0.1, 0.15) is 0 Å². The summed E-state index contributed by atoms with van der Waals surface area (Å²) in [5.74, 6) is 0.187. The van der Waals surface area contributed by atoms with E-state index < -0.39 is 0 Å². The molecule has 0 bridgehead atoms. The second-order valence-electron chi connectivity index (χ2n) is 4.22. The Morgan fingerprint density at radius 3 is 2.94 bits per heavy atom. The number of ether oxygens (including phenoxy) is 1. The third-order valence-corrected chi connectivity index (χ3v) is 3.02. The van der Waals surface area contributed by atoms with E-state index in [9.17, 15) is 4.79 Å². The Morgan fingerprint density at radius 1 is 1.56 bits per heavy atom. The highest BCUT2D eigenvalue weighted by Crippen LogP contribution is 2.17. The lowest BCUT2D eigenvalue weighted by molar-refractivity contribution is -0.131. The van der Waals surface area contributed by atoms with E-state index in [1.165, 1.54) is 0 Å². The fraction of sp³-hybridized carbons (Fsp3) is 0.917. The monoisotopic (exact) mass is 229 g/mol. The second kappa shape index (κ2) is 7.63. The van der Waals surface area contributed by atoms with Crippen LogP contribution in [0.25, 0.3) is 0 Å². The van der Waals surface area contributed by atoms with Crippen molar-refractivity contribution in [2.24, 2.45) is 0 Å². The molecule has 0 aromatic carbocycles. The van der Waals surface area contributed by atoms with Gasteiger partial charge in [-0.15, -0.1) is 0 Å². The summed E-state index contributed by atoms with van der Waals surface area (Å²) in [7, 11) is 0. The van der Waals surface area contributed by atoms with Crippen LogP contribution in [0, 0.1) is 0 Å². The first-order valence-electron chi connectivity index (χ1n) is 6.28. The Bertz CT molecular complexity index is 202. The molecule has 1 heterocycles. The highest BCUT2D eigenvalue weighted by molar-refractivity contribution is 5.76. The lowest BCUT2D eigenvalue weighted by atomic mass is 10.1. The third kappa shape index (κ3) is 4.49. The van der Waals surface area contributed by atoms with Gasteiger partial charge in [0.25, 0.3) is 0 Å². The smallest absolute Gasteiger partial charge is 0.222 e. The zero-order valence-electron chi connectivity index (χ0n) is 10.2. The Kier molecular flexibility index (Phi) is 6.42. The maximum Gasteiger partial charge on any atom is 0.222 e. The number of aliphatic hydroxyl groups is 1. The standard InChI is InChI=1S/C12H23NO3/c1-2-13(8-4-9-14)12(15)7-6-11-5-3-10-16-11/h11,14H,2-10H2,1H3. The molecule has 94 valence electrons. The molecule has 1 aliphatic rings. The molecule has 1 atom stereocenters. The predicted molar refractivity (Wildman–Crippen MR) is 62.2 cm³/mol. The van der Waals surface area contributed by atoms with Gasteiger partial charge in [-0.25, -0.2) is 0 Å². The van der Waals surface area contributed by atoms with Crippen LogP contribution in [0.3, 0.4) is 0 Å². The number of rotatable bonds is 7. The maximum absolute atomic E-state index is 11.8. The Morgan fingerprint density at radius 2 is 2.38 bits per heavy atom. The molecule has 0 aliphatic carbocycles. The van der Waals surface area contributed by atoms with Gasteiger partial charge in [-0.2, -0.15) is 0 Å². The molecule has 1 saturated heterocycles. The van der Waals surface area contributed by atoms with Crippen molar-refractivity contribution in [3.63, 3.8) is 0 Å². The first kappa shape index (κ1) is 13.5. The highest BCUT2D eigenvalue weighted by atomic mass is 16.5. The fourth-order valence-electron chi connectivity index (χ4n) is 2.04. The molecule has 0 aromatic rings. The van der Waals surface area contributed by atoms with Crippen LogP contribution in [0.15, 0.2) is 0 Å². The first-order chi connectivity index (χ1) is 7.77. The van der Waals surface area contributed by atoms with Gasteiger partial charge in [-0.3, -0.25) is 4.79 Å². The van der Waals surface area contributed by atoms with Crippen molar-refractivity contribution in [3.05, 3.63) is 0 Å². The molecule has 0 saturated carbocycles. The SMILES string of the molecule is CCN(CCCO)C(=O)CCC1CCCO1. The molecule has 1 amide bonds. The first-order valence-corrected chi connectivity index (χ1v) is 6.28. The van der Waals surface area contributed by atoms with Crippen LogP contribution in [0.1, 0.15) is 39.0 Å². The number of carbonyl (C=O) groups is 1. The summed E-state index contributed by atoms with van der Waals surface area (Å²) >= 11 is 0. The molecule has 0 aromatic heterocycles. The van der Waals surface area contributed by atoms with Gasteiger partial charge in [0.15, 0.2) is 0 Å². The lowest BCUT2D eigenvalue weighted by Gasteiger charge is -2.21. The minimum absolute atomic E-state index is 0.148. The van der Waals surface area contributed by atoms with Crippen molar-refractivity contribution in [3.8, 4) is 0 Å². The van der Waals surface area contributed by atoms with Crippen LogP contribution < -0.4 is 0 Å². The van der Waals surface area contributed by atoms with Crippen molar-refractivity contribution in [1.29, 1.82) is 0 Å². The normalized spacial score (nSPS) is 20.0. The Balaban J connectivity index is 2.19. The van der Waals surface area contributed by atoms with Crippen LogP contribution in [0.5, 0.6) is 0 Å². The highest BCUT2D eigenvalue weighted by Gasteiger charge is 2.18. The van der Waals surface area contributed by atoms with E-state index in [1.807, 2.05) is 11.8 Å². The molecular weight excluding hydrogens is 206 g/mol. The number of hydrogen-bond acceptors (Lipinski definition) is 3. The summed E-state index contributed by atoms with van der Waals surface area (Å²) in [6.07, 6.45) is 4.59. The van der Waals surface area contributed by atoms with Crippen LogP contribution in [-0.4, -0.2) is 48.3 Å². The zero-order chi connectivity index (χ0) is 11.8. The van der Waals surface area contributed by atoms with E-state index in [2.05, 4.69) is 0 Å². The number of aliphatic hydroxyl groups excluding tert-OH is 1. The Hall–Kier alpha value is -0.610. The van der Waals surface area contributed by atoms with E-state index in [0.29, 0.717) is 25.5 Å². The van der Waals surface area contributed by atoms with Crippen molar-refractivity contribution >= 4 is 5.91 Å². The average molecular weight is 229 g/mol. The van der Waals surface area contributed by atoms with Crippen molar-refractivity contribution in [2.45, 2.75) is 45.1 Å². The fourth-order valence-corrected chi connectivity index (χ4v) is 2.04. The van der Waals surface area contributed by atoms with E-state index in [1.54, 1.807) is 0 Å². The second-order valence-corrected chi connectivity index (χ2v) is 4.22. The summed E-state index contributed by atoms with van der Waals surface area (Å²) in [4.78, 5) is 13.6. The van der Waals surface area contributed by atoms with Crippen molar-refractivity contribution in [1.82, 2.24) is 4.90 Å². The summed E-state index contributed by atoms with van der Waals surface area (Å²) < 4.78 is 5.49. The summed E-state index contributed by atoms with van der Waals surface area (Å²) in [5, 5.41) is 8.74. The van der Waals surface area contributed by atoms with Crippen molar-refractivity contribution in [2.75, 3.05) is 26.3 Å². The maximum atomic E-state index is 11.8. The van der Waals surface area contributed by atoms with E-state index in [0.717, 1.165) is 32.4 Å². The molecule has 4 nitrogen and oxygen atoms in total. The van der Waals surface area contributed by atoms with Crippen LogP contribution in [0.2, 0.25) is 0 Å². The molecule has 4 heteroatoms. The molecule has 0 radical (unpaired) electrons. The molecule has 16 heavy (non-hydrogen) atoms. The van der Waals surface area contributed by atoms with Gasteiger partial charge in [0.2, 0.25) is 5.91 Å². The van der Waals surface area contributed by atoms with Crippen LogP contribution >= 0.6 is 0 Å². The minimum Gasteiger partial charge on any atom is -0.396 e. The number of carbonyl (C=O) groups excluding carboxylic acids is 1. The van der Waals surface area contributed by atoms with E-state index >= 15 is 0 Å². The zero-order valence-corrected chi connectivity index (χ0v) is 10.2. The van der Waals surface area contributed by atoms with Gasteiger partial charge in [-0.05, 0) is 32.6 Å². The van der Waals surface area contributed by atoms with Gasteiger partial charge < -0.3 is 14.7 Å². The largest absolute Gasteiger partial charge is 0.396 e. The van der Waals surface area contributed by atoms with Crippen LogP contribution in [0.4, 0.5) is 0 Å². The van der Waals surface area contributed by atoms with Gasteiger partial charge in [0.05, 0.1) is 6.10 Å². The number of hydrogen-bond donors (Lipinski definition) is 1. The van der Waals surface area contributed by atoms with E-state index in [-0.39, 0.29) is 12.5 Å². The average Bonchev–Trinajstić information content (AvgIpc) is 2.80. The Labute approximate surface area is 97.6 Å². The van der Waals surface area contributed by atoms with Gasteiger partial charge in [0, 0.05) is 32.7 Å². The van der Waals surface area contributed by atoms with Gasteiger partial charge >= 0.3 is 0 Å². The summed E-state index contributed by atoms with van der Waals surface area (Å²) in [6.45, 7) is 4.36. The molecule has 1 fully saturated rings. The molecule has 1 N–H and O–H groups in total. The lowest BCUT2D eigenvalue weighted by Crippen LogP contribution is -2.32. The molecular formula is C12H23NO3. The van der Waals surface area contributed by atoms with Gasteiger partial charge in [-0.1, -0.05) is 0 Å². The topological polar surface area (TPSA) is 49.8 Å². The summed E-state index contributed by atoms with van der Waals surface area (Å²) in [5.41, 5.74) is 0. The number of amides is 1.